The van der Waals surface area contributed by atoms with E-state index in [1.165, 1.54) is 0 Å². The zero-order valence-electron chi connectivity index (χ0n) is 11.9. The fourth-order valence-electron chi connectivity index (χ4n) is 2.17. The molecular weight excluding hydrogens is 334 g/mol. The van der Waals surface area contributed by atoms with Gasteiger partial charge in [-0.3, -0.25) is 9.59 Å². The Morgan fingerprint density at radius 2 is 2.19 bits per heavy atom. The van der Waals surface area contributed by atoms with E-state index < -0.39 is 0 Å². The summed E-state index contributed by atoms with van der Waals surface area (Å²) in [4.78, 5) is 23.6. The molecule has 1 aromatic rings. The Morgan fingerprint density at radius 3 is 2.86 bits per heavy atom. The Kier molecular flexibility index (Phi) is 5.56. The molecular formula is C16H18BrNO3. The molecule has 0 radical (unpaired) electrons. The van der Waals surface area contributed by atoms with Crippen LogP contribution in [0.15, 0.2) is 34.8 Å². The van der Waals surface area contributed by atoms with E-state index in [0.29, 0.717) is 12.1 Å². The molecule has 0 spiro atoms. The molecule has 2 rings (SSSR count). The van der Waals surface area contributed by atoms with Crippen LogP contribution < -0.4 is 5.32 Å². The van der Waals surface area contributed by atoms with Gasteiger partial charge in [-0.2, -0.15) is 0 Å². The van der Waals surface area contributed by atoms with E-state index in [0.717, 1.165) is 22.9 Å². The van der Waals surface area contributed by atoms with Gasteiger partial charge in [0.15, 0.2) is 6.61 Å². The number of anilines is 1. The second-order valence-corrected chi connectivity index (χ2v) is 5.97. The van der Waals surface area contributed by atoms with Gasteiger partial charge < -0.3 is 10.1 Å². The van der Waals surface area contributed by atoms with Gasteiger partial charge in [0, 0.05) is 4.47 Å². The van der Waals surface area contributed by atoms with E-state index in [1.54, 1.807) is 0 Å². The molecule has 5 heteroatoms. The zero-order chi connectivity index (χ0) is 15.2. The molecule has 1 aliphatic rings. The minimum absolute atomic E-state index is 0.117. The molecule has 0 saturated heterocycles. The predicted octanol–water partition coefficient (Wildman–Crippen LogP) is 3.60. The van der Waals surface area contributed by atoms with E-state index in [1.807, 2.05) is 31.2 Å². The Morgan fingerprint density at radius 1 is 1.38 bits per heavy atom. The number of benzene rings is 1. The topological polar surface area (TPSA) is 55.4 Å². The summed E-state index contributed by atoms with van der Waals surface area (Å²) in [6.45, 7) is 1.72. The van der Waals surface area contributed by atoms with Crippen LogP contribution in [0.5, 0.6) is 0 Å². The van der Waals surface area contributed by atoms with Gasteiger partial charge in [-0.25, -0.2) is 0 Å². The molecule has 0 saturated carbocycles. The largest absolute Gasteiger partial charge is 0.455 e. The summed E-state index contributed by atoms with van der Waals surface area (Å²) in [6, 6.07) is 5.63. The molecule has 0 aliphatic heterocycles. The quantitative estimate of drug-likeness (QED) is 0.666. The Hall–Kier alpha value is -1.62. The fraction of sp³-hybridized carbons (Fsp3) is 0.375. The average molecular weight is 352 g/mol. The highest BCUT2D eigenvalue weighted by molar-refractivity contribution is 9.10. The molecule has 1 N–H and O–H groups in total. The van der Waals surface area contributed by atoms with Gasteiger partial charge in [0.25, 0.3) is 5.91 Å². The van der Waals surface area contributed by atoms with E-state index >= 15 is 0 Å². The fourth-order valence-corrected chi connectivity index (χ4v) is 2.76. The highest BCUT2D eigenvalue weighted by Gasteiger charge is 2.21. The van der Waals surface area contributed by atoms with Crippen LogP contribution in [0.4, 0.5) is 5.69 Å². The first-order chi connectivity index (χ1) is 10.1. The third-order valence-corrected chi connectivity index (χ3v) is 4.00. The molecule has 1 atom stereocenters. The van der Waals surface area contributed by atoms with Gasteiger partial charge in [-0.05, 0) is 59.8 Å². The number of hydrogen-bond acceptors (Lipinski definition) is 3. The number of carbonyl (C=O) groups is 2. The van der Waals surface area contributed by atoms with Crippen molar-refractivity contribution < 1.29 is 14.3 Å². The van der Waals surface area contributed by atoms with Crippen LogP contribution in [-0.4, -0.2) is 18.5 Å². The lowest BCUT2D eigenvalue weighted by Crippen LogP contribution is -2.25. The van der Waals surface area contributed by atoms with E-state index in [9.17, 15) is 9.59 Å². The normalized spacial score (nSPS) is 17.3. The highest BCUT2D eigenvalue weighted by Crippen LogP contribution is 2.23. The summed E-state index contributed by atoms with van der Waals surface area (Å²) < 4.78 is 5.88. The number of hydrogen-bond donors (Lipinski definition) is 1. The van der Waals surface area contributed by atoms with Crippen LogP contribution in [-0.2, 0) is 14.3 Å². The molecule has 0 aromatic heterocycles. The number of allylic oxidation sites excluding steroid dienone is 2. The number of aryl methyl sites for hydroxylation is 1. The summed E-state index contributed by atoms with van der Waals surface area (Å²) >= 11 is 3.39. The number of carbonyl (C=O) groups excluding carboxylic acids is 2. The highest BCUT2D eigenvalue weighted by atomic mass is 79.9. The molecule has 21 heavy (non-hydrogen) atoms. The van der Waals surface area contributed by atoms with Crippen LogP contribution >= 0.6 is 15.9 Å². The standard InChI is InChI=1S/C16H18BrNO3/c1-11-7-8-14(13(17)9-11)18-15(19)10-21-16(20)12-5-3-2-4-6-12/h2-3,7-9,12H,4-6,10H2,1H3,(H,18,19)/t12-/m0/s1. The van der Waals surface area contributed by atoms with Gasteiger partial charge in [0.1, 0.15) is 0 Å². The van der Waals surface area contributed by atoms with E-state index in [4.69, 9.17) is 4.74 Å². The van der Waals surface area contributed by atoms with Crippen molar-refractivity contribution in [2.75, 3.05) is 11.9 Å². The van der Waals surface area contributed by atoms with Crippen molar-refractivity contribution in [2.24, 2.45) is 5.92 Å². The summed E-state index contributed by atoms with van der Waals surface area (Å²) in [5, 5.41) is 2.72. The molecule has 0 heterocycles. The number of halogens is 1. The third kappa shape index (κ3) is 4.70. The molecule has 112 valence electrons. The van der Waals surface area contributed by atoms with Crippen molar-refractivity contribution in [3.05, 3.63) is 40.4 Å². The van der Waals surface area contributed by atoms with Crippen molar-refractivity contribution in [1.29, 1.82) is 0 Å². The van der Waals surface area contributed by atoms with Crippen LogP contribution in [0.1, 0.15) is 24.8 Å². The van der Waals surface area contributed by atoms with Crippen LogP contribution in [0, 0.1) is 12.8 Å². The lowest BCUT2D eigenvalue weighted by molar-refractivity contribution is -0.151. The molecule has 4 nitrogen and oxygen atoms in total. The Balaban J connectivity index is 1.81. The first kappa shape index (κ1) is 15.8. The van der Waals surface area contributed by atoms with Crippen molar-refractivity contribution >= 4 is 33.5 Å². The van der Waals surface area contributed by atoms with Gasteiger partial charge in [-0.15, -0.1) is 0 Å². The summed E-state index contributed by atoms with van der Waals surface area (Å²) in [7, 11) is 0. The summed E-state index contributed by atoms with van der Waals surface area (Å²) in [5.74, 6) is -0.745. The maximum atomic E-state index is 11.8. The number of amides is 1. The van der Waals surface area contributed by atoms with Crippen LogP contribution in [0.3, 0.4) is 0 Å². The lowest BCUT2D eigenvalue weighted by atomic mass is 9.95. The maximum Gasteiger partial charge on any atom is 0.309 e. The van der Waals surface area contributed by atoms with Gasteiger partial charge in [0.2, 0.25) is 0 Å². The van der Waals surface area contributed by atoms with Gasteiger partial charge in [0.05, 0.1) is 11.6 Å². The number of rotatable bonds is 4. The number of ether oxygens (including phenoxy) is 1. The molecule has 1 aromatic carbocycles. The van der Waals surface area contributed by atoms with E-state index in [2.05, 4.69) is 27.3 Å². The average Bonchev–Trinajstić information content (AvgIpc) is 2.48. The molecule has 1 amide bonds. The summed E-state index contributed by atoms with van der Waals surface area (Å²) in [5.41, 5.74) is 1.76. The van der Waals surface area contributed by atoms with Crippen molar-refractivity contribution in [3.63, 3.8) is 0 Å². The van der Waals surface area contributed by atoms with Crippen molar-refractivity contribution in [2.45, 2.75) is 26.2 Å². The molecule has 0 fully saturated rings. The van der Waals surface area contributed by atoms with Gasteiger partial charge in [-0.1, -0.05) is 18.2 Å². The minimum Gasteiger partial charge on any atom is -0.455 e. The van der Waals surface area contributed by atoms with Crippen LogP contribution in [0.25, 0.3) is 0 Å². The van der Waals surface area contributed by atoms with Gasteiger partial charge >= 0.3 is 5.97 Å². The van der Waals surface area contributed by atoms with E-state index in [-0.39, 0.29) is 24.4 Å². The first-order valence-electron chi connectivity index (χ1n) is 6.94. The van der Waals surface area contributed by atoms with Crippen molar-refractivity contribution in [1.82, 2.24) is 0 Å². The number of nitrogens with one attached hydrogen (secondary N) is 1. The number of esters is 1. The van der Waals surface area contributed by atoms with Crippen LogP contribution in [0.2, 0.25) is 0 Å². The maximum absolute atomic E-state index is 11.8. The molecule has 0 bridgehead atoms. The second kappa shape index (κ2) is 7.41. The summed E-state index contributed by atoms with van der Waals surface area (Å²) in [6.07, 6.45) is 6.43. The molecule has 0 unspecified atom stereocenters. The third-order valence-electron chi connectivity index (χ3n) is 3.35. The predicted molar refractivity (Wildman–Crippen MR) is 84.9 cm³/mol. The molecule has 1 aliphatic carbocycles. The monoisotopic (exact) mass is 351 g/mol. The SMILES string of the molecule is Cc1ccc(NC(=O)COC(=O)[C@H]2CC=CCC2)c(Br)c1. The Labute approximate surface area is 132 Å². The minimum atomic E-state index is -0.334. The Bertz CT molecular complexity index is 569. The first-order valence-corrected chi connectivity index (χ1v) is 7.73. The van der Waals surface area contributed by atoms with Crippen molar-refractivity contribution in [3.8, 4) is 0 Å². The second-order valence-electron chi connectivity index (χ2n) is 5.12. The zero-order valence-corrected chi connectivity index (χ0v) is 13.5. The smallest absolute Gasteiger partial charge is 0.309 e. The lowest BCUT2D eigenvalue weighted by Gasteiger charge is -2.16.